The first-order chi connectivity index (χ1) is 10.0. The van der Waals surface area contributed by atoms with Crippen molar-refractivity contribution in [2.75, 3.05) is 0 Å². The lowest BCUT2D eigenvalue weighted by Gasteiger charge is -2.36. The fourth-order valence-electron chi connectivity index (χ4n) is 1.64. The Morgan fingerprint density at radius 1 is 1.36 bits per heavy atom. The molecular weight excluding hydrogens is 310 g/mol. The van der Waals surface area contributed by atoms with Gasteiger partial charge < -0.3 is 4.43 Å². The predicted molar refractivity (Wildman–Crippen MR) is 95.5 cm³/mol. The molecule has 1 aliphatic carbocycles. The van der Waals surface area contributed by atoms with Crippen molar-refractivity contribution in [3.8, 4) is 11.8 Å². The molecule has 0 saturated heterocycles. The van der Waals surface area contributed by atoms with Crippen molar-refractivity contribution in [2.45, 2.75) is 65.3 Å². The number of hydrogen-bond donors (Lipinski definition) is 0. The molecule has 0 spiro atoms. The molecule has 1 fully saturated rings. The number of halogens is 1. The number of rotatable bonds is 3. The van der Waals surface area contributed by atoms with Gasteiger partial charge in [0, 0.05) is 17.2 Å². The largest absolute Gasteiger partial charge is 0.411 e. The van der Waals surface area contributed by atoms with Crippen molar-refractivity contribution in [1.82, 2.24) is 4.98 Å². The molecule has 0 unspecified atom stereocenters. The average molecular weight is 336 g/mol. The zero-order chi connectivity index (χ0) is 16.6. The van der Waals surface area contributed by atoms with Crippen LogP contribution < -0.4 is 0 Å². The molecule has 0 radical (unpaired) electrons. The Morgan fingerprint density at radius 3 is 2.50 bits per heavy atom. The smallest absolute Gasteiger partial charge is 0.192 e. The normalized spacial score (nSPS) is 16.9. The number of nitrogens with zero attached hydrogens (tertiary/aromatic N) is 1. The molecule has 0 amide bonds. The van der Waals surface area contributed by atoms with Crippen LogP contribution in [-0.4, -0.2) is 13.3 Å². The van der Waals surface area contributed by atoms with Crippen LogP contribution in [0.25, 0.3) is 0 Å². The fourth-order valence-corrected chi connectivity index (χ4v) is 2.79. The first-order valence-corrected chi connectivity index (χ1v) is 11.1. The van der Waals surface area contributed by atoms with Crippen molar-refractivity contribution < 1.29 is 4.43 Å². The summed E-state index contributed by atoms with van der Waals surface area (Å²) in [5.41, 5.74) is 1.90. The third kappa shape index (κ3) is 4.35. The van der Waals surface area contributed by atoms with Gasteiger partial charge in [0.25, 0.3) is 0 Å². The Balaban J connectivity index is 2.05. The molecule has 4 heteroatoms. The van der Waals surface area contributed by atoms with Gasteiger partial charge in [0.05, 0.1) is 17.3 Å². The minimum atomic E-state index is -1.78. The van der Waals surface area contributed by atoms with E-state index < -0.39 is 8.32 Å². The first-order valence-electron chi connectivity index (χ1n) is 7.84. The fraction of sp³-hybridized carbons (Fsp3) is 0.611. The van der Waals surface area contributed by atoms with Gasteiger partial charge in [-0.25, -0.2) is 0 Å². The molecule has 2 nitrogen and oxygen atoms in total. The lowest BCUT2D eigenvalue weighted by molar-refractivity contribution is 0.272. The van der Waals surface area contributed by atoms with E-state index in [4.69, 9.17) is 16.0 Å². The van der Waals surface area contributed by atoms with Crippen LogP contribution in [0.4, 0.5) is 0 Å². The van der Waals surface area contributed by atoms with Crippen LogP contribution in [0.5, 0.6) is 0 Å². The minimum Gasteiger partial charge on any atom is -0.411 e. The highest BCUT2D eigenvalue weighted by Gasteiger charge is 2.37. The molecule has 0 atom stereocenters. The number of pyridine rings is 1. The van der Waals surface area contributed by atoms with E-state index in [0.29, 0.717) is 11.6 Å². The zero-order valence-corrected chi connectivity index (χ0v) is 16.3. The Labute approximate surface area is 140 Å². The summed E-state index contributed by atoms with van der Waals surface area (Å²) in [6.45, 7) is 13.8. The second-order valence-corrected chi connectivity index (χ2v) is 13.2. The molecule has 22 heavy (non-hydrogen) atoms. The SMILES string of the molecule is CC1(C#Cc2cnc(CO[Si](C)(C)C(C)(C)C)c(Cl)c2)CC1. The van der Waals surface area contributed by atoms with E-state index in [1.807, 2.05) is 6.07 Å². The molecule has 120 valence electrons. The maximum Gasteiger partial charge on any atom is 0.192 e. The molecule has 1 aliphatic rings. The second-order valence-electron chi connectivity index (χ2n) is 8.01. The van der Waals surface area contributed by atoms with Gasteiger partial charge in [-0.05, 0) is 44.0 Å². The molecule has 0 bridgehead atoms. The molecule has 1 aromatic heterocycles. The summed E-state index contributed by atoms with van der Waals surface area (Å²) < 4.78 is 6.18. The summed E-state index contributed by atoms with van der Waals surface area (Å²) in [5, 5.41) is 0.830. The van der Waals surface area contributed by atoms with E-state index in [1.54, 1.807) is 6.20 Å². The van der Waals surface area contributed by atoms with Gasteiger partial charge in [-0.1, -0.05) is 44.2 Å². The van der Waals surface area contributed by atoms with Gasteiger partial charge in [-0.3, -0.25) is 4.98 Å². The van der Waals surface area contributed by atoms with Crippen LogP contribution in [0.3, 0.4) is 0 Å². The molecule has 2 rings (SSSR count). The monoisotopic (exact) mass is 335 g/mol. The van der Waals surface area contributed by atoms with E-state index in [1.165, 1.54) is 12.8 Å². The van der Waals surface area contributed by atoms with E-state index in [2.05, 4.69) is 57.6 Å². The highest BCUT2D eigenvalue weighted by atomic mass is 35.5. The molecule has 0 aromatic carbocycles. The summed E-state index contributed by atoms with van der Waals surface area (Å²) in [6.07, 6.45) is 4.19. The predicted octanol–water partition coefficient (Wildman–Crippen LogP) is 5.41. The lowest BCUT2D eigenvalue weighted by Crippen LogP contribution is -2.40. The summed E-state index contributed by atoms with van der Waals surface area (Å²) in [5.74, 6) is 6.48. The second kappa shape index (κ2) is 6.00. The Morgan fingerprint density at radius 2 is 2.00 bits per heavy atom. The highest BCUT2D eigenvalue weighted by molar-refractivity contribution is 6.74. The summed E-state index contributed by atoms with van der Waals surface area (Å²) in [4.78, 5) is 4.45. The molecule has 0 N–H and O–H groups in total. The van der Waals surface area contributed by atoms with Gasteiger partial charge >= 0.3 is 0 Å². The Hall–Kier alpha value is -0.823. The van der Waals surface area contributed by atoms with E-state index in [-0.39, 0.29) is 10.5 Å². The molecule has 0 aliphatic heterocycles. The van der Waals surface area contributed by atoms with Gasteiger partial charge in [0.2, 0.25) is 0 Å². The van der Waals surface area contributed by atoms with Crippen molar-refractivity contribution in [1.29, 1.82) is 0 Å². The number of hydrogen-bond acceptors (Lipinski definition) is 2. The Kier molecular flexibility index (Phi) is 4.78. The van der Waals surface area contributed by atoms with Crippen molar-refractivity contribution in [3.63, 3.8) is 0 Å². The van der Waals surface area contributed by atoms with Crippen LogP contribution in [0.15, 0.2) is 12.3 Å². The van der Waals surface area contributed by atoms with Crippen LogP contribution in [-0.2, 0) is 11.0 Å². The van der Waals surface area contributed by atoms with Gasteiger partial charge in [-0.15, -0.1) is 0 Å². The third-order valence-electron chi connectivity index (χ3n) is 4.80. The maximum absolute atomic E-state index is 6.34. The summed E-state index contributed by atoms with van der Waals surface area (Å²) in [6, 6.07) is 1.90. The lowest BCUT2D eigenvalue weighted by atomic mass is 10.1. The zero-order valence-electron chi connectivity index (χ0n) is 14.5. The number of aromatic nitrogens is 1. The van der Waals surface area contributed by atoms with Crippen LogP contribution in [0.2, 0.25) is 23.2 Å². The molecule has 1 saturated carbocycles. The van der Waals surface area contributed by atoms with Crippen LogP contribution in [0, 0.1) is 17.3 Å². The van der Waals surface area contributed by atoms with E-state index >= 15 is 0 Å². The van der Waals surface area contributed by atoms with Crippen molar-refractivity contribution >= 4 is 19.9 Å². The standard InChI is InChI=1S/C18H26ClNOSi/c1-17(2,3)22(5,6)21-13-16-15(19)11-14(12-20-16)7-8-18(4)9-10-18/h11-12H,9-10,13H2,1-6H3. The van der Waals surface area contributed by atoms with Crippen molar-refractivity contribution in [2.24, 2.45) is 5.41 Å². The van der Waals surface area contributed by atoms with Crippen LogP contribution in [0.1, 0.15) is 51.8 Å². The highest BCUT2D eigenvalue weighted by Crippen LogP contribution is 2.44. The third-order valence-corrected chi connectivity index (χ3v) is 9.61. The Bertz CT molecular complexity index is 618. The first kappa shape index (κ1) is 17.5. The van der Waals surface area contributed by atoms with E-state index in [9.17, 15) is 0 Å². The molecule has 1 aromatic rings. The van der Waals surface area contributed by atoms with Gasteiger partial charge in [-0.2, -0.15) is 0 Å². The van der Waals surface area contributed by atoms with Crippen molar-refractivity contribution in [3.05, 3.63) is 28.5 Å². The van der Waals surface area contributed by atoms with Crippen LogP contribution >= 0.6 is 11.6 Å². The quantitative estimate of drug-likeness (QED) is 0.544. The topological polar surface area (TPSA) is 22.1 Å². The van der Waals surface area contributed by atoms with E-state index in [0.717, 1.165) is 11.3 Å². The van der Waals surface area contributed by atoms with Gasteiger partial charge in [0.15, 0.2) is 8.32 Å². The average Bonchev–Trinajstić information content (AvgIpc) is 3.12. The molecule has 1 heterocycles. The molecular formula is C18H26ClNOSi. The maximum atomic E-state index is 6.34. The van der Waals surface area contributed by atoms with Gasteiger partial charge in [0.1, 0.15) is 0 Å². The minimum absolute atomic E-state index is 0.185. The summed E-state index contributed by atoms with van der Waals surface area (Å²) in [7, 11) is -1.78. The summed E-state index contributed by atoms with van der Waals surface area (Å²) >= 11 is 6.34.